The van der Waals surface area contributed by atoms with Gasteiger partial charge in [0.2, 0.25) is 0 Å². The molecule has 0 radical (unpaired) electrons. The molecule has 0 bridgehead atoms. The average molecular weight is 381 g/mol. The normalized spacial score (nSPS) is 14.8. The monoisotopic (exact) mass is 381 g/mol. The van der Waals surface area contributed by atoms with Crippen molar-refractivity contribution in [1.29, 1.82) is 0 Å². The number of alkyl halides is 9. The second-order valence-electron chi connectivity index (χ2n) is 3.27. The first-order valence-electron chi connectivity index (χ1n) is 4.33. The van der Waals surface area contributed by atoms with E-state index in [9.17, 15) is 53.0 Å². The molecule has 0 saturated heterocycles. The van der Waals surface area contributed by atoms with Crippen LogP contribution in [0.15, 0.2) is 0 Å². The van der Waals surface area contributed by atoms with Crippen LogP contribution in [0.2, 0.25) is 0 Å². The molecule has 122 valence electrons. The Hall–Kier alpha value is 0.876. The maximum atomic E-state index is 12.8. The van der Waals surface area contributed by atoms with Gasteiger partial charge in [0, 0.05) is 0 Å². The minimum absolute atomic E-state index is 0. The van der Waals surface area contributed by atoms with E-state index in [0.717, 1.165) is 0 Å². The molecule has 4 nitrogen and oxygen atoms in total. The van der Waals surface area contributed by atoms with Gasteiger partial charge in [-0.1, -0.05) is 0 Å². The number of hydrogen-bond donors (Lipinski definition) is 1. The molecule has 0 aliphatic rings. The summed E-state index contributed by atoms with van der Waals surface area (Å²) in [6, 6.07) is 0. The Labute approximate surface area is 154 Å². The van der Waals surface area contributed by atoms with Gasteiger partial charge in [-0.3, -0.25) is 0 Å². The molecule has 0 aromatic heterocycles. The molecule has 0 saturated carbocycles. The first-order valence-corrected chi connectivity index (χ1v) is 5.82. The van der Waals surface area contributed by atoms with Gasteiger partial charge in [-0.2, -0.15) is 39.5 Å². The molecule has 0 atom stereocenters. The summed E-state index contributed by atoms with van der Waals surface area (Å²) in [5, 5.41) is 3.02. The summed E-state index contributed by atoms with van der Waals surface area (Å²) < 4.78 is 133. The van der Waals surface area contributed by atoms with Crippen LogP contribution in [0, 0.1) is 0 Å². The predicted octanol–water partition coefficient (Wildman–Crippen LogP) is -2.30. The summed E-state index contributed by atoms with van der Waals surface area (Å²) in [5.74, 6) is -14.6. The summed E-state index contributed by atoms with van der Waals surface area (Å²) in [6.45, 7) is -2.83. The number of nitrogens with one attached hydrogen (secondary N) is 1. The van der Waals surface area contributed by atoms with Crippen LogP contribution in [0.5, 0.6) is 0 Å². The SMILES string of the molecule is O=S(=O)(NCC[O-])C(F)(F)C(F)(F)C(F)(F)C(F)(F)F.[K+]. The molecule has 0 aromatic carbocycles. The molecule has 15 heteroatoms. The summed E-state index contributed by atoms with van der Waals surface area (Å²) in [6.07, 6.45) is -7.12. The maximum absolute atomic E-state index is 12.8. The van der Waals surface area contributed by atoms with Crippen molar-refractivity contribution < 1.29 is 104 Å². The smallest absolute Gasteiger partial charge is 0.854 e. The zero-order chi connectivity index (χ0) is 16.6. The zero-order valence-electron chi connectivity index (χ0n) is 9.95. The number of halogens is 9. The zero-order valence-corrected chi connectivity index (χ0v) is 13.9. The van der Waals surface area contributed by atoms with Gasteiger partial charge in [0.1, 0.15) is 0 Å². The summed E-state index contributed by atoms with van der Waals surface area (Å²) in [7, 11) is -6.64. The van der Waals surface area contributed by atoms with E-state index in [1.165, 1.54) is 0 Å². The second kappa shape index (κ2) is 7.19. The minimum Gasteiger partial charge on any atom is -0.854 e. The summed E-state index contributed by atoms with van der Waals surface area (Å²) in [4.78, 5) is 0. The van der Waals surface area contributed by atoms with E-state index in [-0.39, 0.29) is 51.4 Å². The van der Waals surface area contributed by atoms with Crippen LogP contribution < -0.4 is 61.2 Å². The van der Waals surface area contributed by atoms with Crippen molar-refractivity contribution in [2.45, 2.75) is 23.3 Å². The van der Waals surface area contributed by atoms with Gasteiger partial charge in [0.15, 0.2) is 0 Å². The largest absolute Gasteiger partial charge is 1.00 e. The molecular weight excluding hydrogens is 376 g/mol. The third-order valence-corrected chi connectivity index (χ3v) is 3.36. The minimum atomic E-state index is -7.31. The quantitative estimate of drug-likeness (QED) is 0.416. The Kier molecular flexibility index (Phi) is 8.26. The van der Waals surface area contributed by atoms with Crippen molar-refractivity contribution in [2.75, 3.05) is 13.2 Å². The predicted molar refractivity (Wildman–Crippen MR) is 42.7 cm³/mol. The number of sulfonamides is 1. The molecule has 0 unspecified atom stereocenters. The molecule has 0 fully saturated rings. The van der Waals surface area contributed by atoms with Crippen molar-refractivity contribution in [3.8, 4) is 0 Å². The first-order chi connectivity index (χ1) is 8.56. The fourth-order valence-electron chi connectivity index (χ4n) is 0.796. The molecule has 0 heterocycles. The van der Waals surface area contributed by atoms with Crippen molar-refractivity contribution in [3.63, 3.8) is 0 Å². The van der Waals surface area contributed by atoms with Crippen LogP contribution in [0.1, 0.15) is 0 Å². The van der Waals surface area contributed by atoms with E-state index in [1.807, 2.05) is 0 Å². The second-order valence-corrected chi connectivity index (χ2v) is 5.07. The third-order valence-electron chi connectivity index (χ3n) is 1.85. The molecule has 21 heavy (non-hydrogen) atoms. The molecule has 0 spiro atoms. The first kappa shape index (κ1) is 24.1. The molecule has 0 amide bonds. The molecule has 0 aromatic rings. The van der Waals surface area contributed by atoms with Crippen LogP contribution in [-0.4, -0.2) is 44.8 Å². The molecule has 0 aliphatic carbocycles. The van der Waals surface area contributed by atoms with E-state index in [4.69, 9.17) is 0 Å². The fourth-order valence-corrected chi connectivity index (χ4v) is 1.80. The Balaban J connectivity index is 0. The topological polar surface area (TPSA) is 69.2 Å². The van der Waals surface area contributed by atoms with Crippen molar-refractivity contribution in [2.24, 2.45) is 0 Å². The number of rotatable bonds is 6. The standard InChI is InChI=1S/C6H5F9NO3S.K/c7-3(8,5(11,12)13)4(9,10)6(14,15)20(18,19)16-1-2-17;/h16H,1-2H2;/q-1;+1. The maximum Gasteiger partial charge on any atom is 1.00 e. The van der Waals surface area contributed by atoms with E-state index in [1.54, 1.807) is 0 Å². The fraction of sp³-hybridized carbons (Fsp3) is 1.00. The van der Waals surface area contributed by atoms with Gasteiger partial charge in [0.05, 0.1) is 0 Å². The summed E-state index contributed by atoms with van der Waals surface area (Å²) in [5.41, 5.74) is 0. The van der Waals surface area contributed by atoms with Crippen LogP contribution in [0.3, 0.4) is 0 Å². The Morgan fingerprint density at radius 3 is 1.52 bits per heavy atom. The summed E-state index contributed by atoms with van der Waals surface area (Å²) >= 11 is 0. The average Bonchev–Trinajstić information content (AvgIpc) is 2.24. The number of hydrogen-bond acceptors (Lipinski definition) is 3. The Morgan fingerprint density at radius 2 is 1.24 bits per heavy atom. The van der Waals surface area contributed by atoms with Gasteiger partial charge in [-0.15, -0.1) is 6.61 Å². The molecule has 0 aliphatic heterocycles. The van der Waals surface area contributed by atoms with Gasteiger partial charge in [-0.25, -0.2) is 13.1 Å². The van der Waals surface area contributed by atoms with Crippen LogP contribution >= 0.6 is 0 Å². The van der Waals surface area contributed by atoms with Crippen LogP contribution in [0.25, 0.3) is 0 Å². The Bertz CT molecular complexity index is 449. The van der Waals surface area contributed by atoms with Gasteiger partial charge < -0.3 is 5.11 Å². The Morgan fingerprint density at radius 1 is 0.857 bits per heavy atom. The molecule has 1 N–H and O–H groups in total. The van der Waals surface area contributed by atoms with E-state index in [2.05, 4.69) is 0 Å². The third kappa shape index (κ3) is 4.24. The molecule has 0 rings (SSSR count). The molecular formula is C6H5F9KNO3S. The van der Waals surface area contributed by atoms with Gasteiger partial charge in [-0.05, 0) is 6.54 Å². The van der Waals surface area contributed by atoms with E-state index in [0.29, 0.717) is 4.72 Å². The van der Waals surface area contributed by atoms with Crippen molar-refractivity contribution >= 4 is 10.0 Å². The van der Waals surface area contributed by atoms with Crippen molar-refractivity contribution in [1.82, 2.24) is 4.72 Å². The van der Waals surface area contributed by atoms with E-state index < -0.39 is 46.5 Å². The van der Waals surface area contributed by atoms with Crippen LogP contribution in [0.4, 0.5) is 39.5 Å². The van der Waals surface area contributed by atoms with E-state index >= 15 is 0 Å². The van der Waals surface area contributed by atoms with Crippen molar-refractivity contribution in [3.05, 3.63) is 0 Å². The van der Waals surface area contributed by atoms with Gasteiger partial charge >= 0.3 is 74.7 Å². The van der Waals surface area contributed by atoms with Crippen LogP contribution in [-0.2, 0) is 10.0 Å². The van der Waals surface area contributed by atoms with Gasteiger partial charge in [0.25, 0.3) is 10.0 Å².